The van der Waals surface area contributed by atoms with Gasteiger partial charge in [0, 0.05) is 19.7 Å². The Labute approximate surface area is 100 Å². The fraction of sp³-hybridized carbons (Fsp3) is 1.00. The Hall–Kier alpha value is -0.120. The molecule has 0 aliphatic carbocycles. The smallest absolute Gasteiger partial charge is 0.0659 e. The van der Waals surface area contributed by atoms with E-state index in [4.69, 9.17) is 10.5 Å². The zero-order valence-electron chi connectivity index (χ0n) is 11.2. The molecule has 0 amide bonds. The molecule has 3 heteroatoms. The van der Waals surface area contributed by atoms with Gasteiger partial charge in [-0.05, 0) is 32.2 Å². The van der Waals surface area contributed by atoms with Gasteiger partial charge >= 0.3 is 0 Å². The van der Waals surface area contributed by atoms with Crippen LogP contribution in [0.3, 0.4) is 0 Å². The second kappa shape index (κ2) is 6.58. The number of ether oxygens (including phenoxy) is 1. The van der Waals surface area contributed by atoms with Gasteiger partial charge in [0.05, 0.1) is 12.1 Å². The number of nitrogens with two attached hydrogens (primary N) is 1. The maximum absolute atomic E-state index is 6.03. The minimum atomic E-state index is 0.0653. The third-order valence-corrected chi connectivity index (χ3v) is 4.16. The van der Waals surface area contributed by atoms with Crippen molar-refractivity contribution in [1.29, 1.82) is 0 Å². The van der Waals surface area contributed by atoms with Gasteiger partial charge in [-0.25, -0.2) is 0 Å². The molecule has 0 aromatic heterocycles. The van der Waals surface area contributed by atoms with Crippen LogP contribution in [0.5, 0.6) is 0 Å². The van der Waals surface area contributed by atoms with E-state index in [9.17, 15) is 0 Å². The van der Waals surface area contributed by atoms with Crippen LogP contribution in [0, 0.1) is 0 Å². The minimum absolute atomic E-state index is 0.0653. The van der Waals surface area contributed by atoms with Crippen LogP contribution in [-0.2, 0) is 4.74 Å². The molecule has 2 N–H and O–H groups in total. The summed E-state index contributed by atoms with van der Waals surface area (Å²) in [6.07, 6.45) is 6.30. The van der Waals surface area contributed by atoms with Gasteiger partial charge in [-0.2, -0.15) is 0 Å². The number of methoxy groups -OCH3 is 1. The summed E-state index contributed by atoms with van der Waals surface area (Å²) in [6.45, 7) is 7.16. The van der Waals surface area contributed by atoms with E-state index in [2.05, 4.69) is 18.7 Å². The maximum Gasteiger partial charge on any atom is 0.0659 e. The Morgan fingerprint density at radius 1 is 1.38 bits per heavy atom. The fourth-order valence-corrected chi connectivity index (χ4v) is 3.03. The van der Waals surface area contributed by atoms with Crippen LogP contribution in [0.15, 0.2) is 0 Å². The van der Waals surface area contributed by atoms with Gasteiger partial charge in [0.15, 0.2) is 0 Å². The molecule has 1 aliphatic rings. The summed E-state index contributed by atoms with van der Waals surface area (Å²) < 4.78 is 5.41. The molecule has 0 spiro atoms. The molecule has 1 heterocycles. The van der Waals surface area contributed by atoms with Crippen molar-refractivity contribution in [3.8, 4) is 0 Å². The van der Waals surface area contributed by atoms with Crippen LogP contribution in [-0.4, -0.2) is 43.3 Å². The first kappa shape index (κ1) is 13.9. The number of rotatable bonds is 6. The predicted molar refractivity (Wildman–Crippen MR) is 68.6 cm³/mol. The molecule has 0 saturated carbocycles. The third kappa shape index (κ3) is 2.76. The molecule has 0 radical (unpaired) electrons. The van der Waals surface area contributed by atoms with E-state index < -0.39 is 0 Å². The first-order valence-electron chi connectivity index (χ1n) is 6.69. The van der Waals surface area contributed by atoms with Crippen molar-refractivity contribution >= 4 is 0 Å². The van der Waals surface area contributed by atoms with Gasteiger partial charge in [-0.15, -0.1) is 0 Å². The highest BCUT2D eigenvalue weighted by Gasteiger charge is 2.38. The van der Waals surface area contributed by atoms with E-state index in [0.717, 1.165) is 13.0 Å². The van der Waals surface area contributed by atoms with Gasteiger partial charge < -0.3 is 10.5 Å². The summed E-state index contributed by atoms with van der Waals surface area (Å²) >= 11 is 0. The fourth-order valence-electron chi connectivity index (χ4n) is 3.03. The average molecular weight is 228 g/mol. The Morgan fingerprint density at radius 2 is 2.12 bits per heavy atom. The summed E-state index contributed by atoms with van der Waals surface area (Å²) in [5.41, 5.74) is 6.10. The average Bonchev–Trinajstić information content (AvgIpc) is 2.36. The standard InChI is InChI=1S/C13H28N2O/c1-4-12-8-6-7-9-15(12)13(5-2,10-14)11-16-3/h12H,4-11,14H2,1-3H3. The molecule has 2 unspecified atom stereocenters. The molecular weight excluding hydrogens is 200 g/mol. The highest BCUT2D eigenvalue weighted by atomic mass is 16.5. The zero-order valence-corrected chi connectivity index (χ0v) is 11.2. The van der Waals surface area contributed by atoms with E-state index in [1.54, 1.807) is 7.11 Å². The lowest BCUT2D eigenvalue weighted by atomic mass is 9.88. The number of hydrogen-bond donors (Lipinski definition) is 1. The molecule has 0 aromatic rings. The zero-order chi connectivity index (χ0) is 12.0. The quantitative estimate of drug-likeness (QED) is 0.756. The predicted octanol–water partition coefficient (Wildman–Crippen LogP) is 2.00. The Kier molecular flexibility index (Phi) is 5.73. The summed E-state index contributed by atoms with van der Waals surface area (Å²) in [6, 6.07) is 0.701. The second-order valence-corrected chi connectivity index (χ2v) is 4.97. The SMILES string of the molecule is CCC1CCCCN1C(CC)(CN)COC. The molecule has 2 atom stereocenters. The van der Waals surface area contributed by atoms with E-state index in [0.29, 0.717) is 12.6 Å². The van der Waals surface area contributed by atoms with Crippen molar-refractivity contribution in [2.45, 2.75) is 57.5 Å². The molecule has 1 saturated heterocycles. The first-order chi connectivity index (χ1) is 7.74. The second-order valence-electron chi connectivity index (χ2n) is 4.97. The van der Waals surface area contributed by atoms with Crippen molar-refractivity contribution in [2.24, 2.45) is 5.73 Å². The summed E-state index contributed by atoms with van der Waals surface area (Å²) in [4.78, 5) is 2.62. The molecule has 1 aliphatic heterocycles. The molecule has 16 heavy (non-hydrogen) atoms. The number of likely N-dealkylation sites (tertiary alicyclic amines) is 1. The first-order valence-corrected chi connectivity index (χ1v) is 6.69. The number of nitrogens with zero attached hydrogens (tertiary/aromatic N) is 1. The normalized spacial score (nSPS) is 26.6. The summed E-state index contributed by atoms with van der Waals surface area (Å²) in [5.74, 6) is 0. The number of piperidine rings is 1. The van der Waals surface area contributed by atoms with Gasteiger partial charge in [0.25, 0.3) is 0 Å². The van der Waals surface area contributed by atoms with Crippen LogP contribution >= 0.6 is 0 Å². The van der Waals surface area contributed by atoms with Gasteiger partial charge in [-0.3, -0.25) is 4.90 Å². The largest absolute Gasteiger partial charge is 0.383 e. The van der Waals surface area contributed by atoms with Gasteiger partial charge in [-0.1, -0.05) is 20.3 Å². The van der Waals surface area contributed by atoms with Gasteiger partial charge in [0.1, 0.15) is 0 Å². The third-order valence-electron chi connectivity index (χ3n) is 4.16. The van der Waals surface area contributed by atoms with Gasteiger partial charge in [0.2, 0.25) is 0 Å². The Bertz CT molecular complexity index is 192. The van der Waals surface area contributed by atoms with E-state index in [-0.39, 0.29) is 5.54 Å². The minimum Gasteiger partial charge on any atom is -0.383 e. The summed E-state index contributed by atoms with van der Waals surface area (Å²) in [7, 11) is 1.78. The molecule has 3 nitrogen and oxygen atoms in total. The molecule has 96 valence electrons. The van der Waals surface area contributed by atoms with Crippen LogP contribution in [0.1, 0.15) is 46.0 Å². The lowest BCUT2D eigenvalue weighted by Crippen LogP contribution is -2.61. The van der Waals surface area contributed by atoms with Crippen LogP contribution in [0.4, 0.5) is 0 Å². The van der Waals surface area contributed by atoms with Crippen molar-refractivity contribution in [3.05, 3.63) is 0 Å². The van der Waals surface area contributed by atoms with Crippen molar-refractivity contribution in [1.82, 2.24) is 4.90 Å². The molecule has 0 aromatic carbocycles. The lowest BCUT2D eigenvalue weighted by Gasteiger charge is -2.49. The molecular formula is C13H28N2O. The molecule has 1 fully saturated rings. The van der Waals surface area contributed by atoms with Crippen LogP contribution in [0.2, 0.25) is 0 Å². The van der Waals surface area contributed by atoms with E-state index >= 15 is 0 Å². The highest BCUT2D eigenvalue weighted by molar-refractivity contribution is 4.95. The van der Waals surface area contributed by atoms with Crippen molar-refractivity contribution in [3.63, 3.8) is 0 Å². The topological polar surface area (TPSA) is 38.5 Å². The molecule has 0 bridgehead atoms. The highest BCUT2D eigenvalue weighted by Crippen LogP contribution is 2.29. The summed E-state index contributed by atoms with van der Waals surface area (Å²) in [5, 5.41) is 0. The lowest BCUT2D eigenvalue weighted by molar-refractivity contribution is -0.0312. The molecule has 1 rings (SSSR count). The van der Waals surface area contributed by atoms with E-state index in [1.165, 1.54) is 32.2 Å². The monoisotopic (exact) mass is 228 g/mol. The van der Waals surface area contributed by atoms with Crippen molar-refractivity contribution in [2.75, 3.05) is 26.8 Å². The number of hydrogen-bond acceptors (Lipinski definition) is 3. The maximum atomic E-state index is 6.03. The van der Waals surface area contributed by atoms with Crippen molar-refractivity contribution < 1.29 is 4.74 Å². The van der Waals surface area contributed by atoms with Crippen LogP contribution < -0.4 is 5.73 Å². The Morgan fingerprint density at radius 3 is 2.62 bits per heavy atom. The Balaban J connectivity index is 2.81. The van der Waals surface area contributed by atoms with Crippen LogP contribution in [0.25, 0.3) is 0 Å². The van der Waals surface area contributed by atoms with E-state index in [1.807, 2.05) is 0 Å².